The monoisotopic (exact) mass is 418 g/mol. The molecule has 0 spiro atoms. The van der Waals surface area contributed by atoms with Gasteiger partial charge < -0.3 is 10.2 Å². The number of halogens is 1. The van der Waals surface area contributed by atoms with E-state index in [-0.39, 0.29) is 0 Å². The summed E-state index contributed by atoms with van der Waals surface area (Å²) in [5.41, 5.74) is 2.64. The van der Waals surface area contributed by atoms with E-state index in [1.807, 2.05) is 65.5 Å². The van der Waals surface area contributed by atoms with Gasteiger partial charge in [-0.15, -0.1) is 0 Å². The van der Waals surface area contributed by atoms with Crippen LogP contribution in [0.15, 0.2) is 60.8 Å². The Morgan fingerprint density at radius 3 is 2.73 bits per heavy atom. The second-order valence-electron chi connectivity index (χ2n) is 7.83. The fraction of sp³-hybridized carbons (Fsp3) is 0.261. The van der Waals surface area contributed by atoms with Crippen LogP contribution in [0.25, 0.3) is 16.7 Å². The number of hydrogen-bond donors (Lipinski definition) is 1. The van der Waals surface area contributed by atoms with Crippen molar-refractivity contribution in [2.75, 3.05) is 23.3 Å². The third kappa shape index (κ3) is 3.71. The van der Waals surface area contributed by atoms with Crippen molar-refractivity contribution in [3.63, 3.8) is 0 Å². The quantitative estimate of drug-likeness (QED) is 0.477. The van der Waals surface area contributed by atoms with Crippen molar-refractivity contribution >= 4 is 40.1 Å². The van der Waals surface area contributed by atoms with Gasteiger partial charge in [-0.3, -0.25) is 0 Å². The summed E-state index contributed by atoms with van der Waals surface area (Å²) < 4.78 is 1.87. The van der Waals surface area contributed by atoms with Crippen LogP contribution in [0.4, 0.5) is 17.5 Å². The molecule has 30 heavy (non-hydrogen) atoms. The van der Waals surface area contributed by atoms with Gasteiger partial charge in [0.2, 0.25) is 5.95 Å². The van der Waals surface area contributed by atoms with Crippen LogP contribution < -0.4 is 10.2 Å². The van der Waals surface area contributed by atoms with Crippen LogP contribution >= 0.6 is 11.6 Å². The van der Waals surface area contributed by atoms with E-state index in [4.69, 9.17) is 21.6 Å². The molecule has 1 unspecified atom stereocenters. The van der Waals surface area contributed by atoms with Crippen LogP contribution in [0.2, 0.25) is 5.02 Å². The maximum Gasteiger partial charge on any atom is 0.229 e. The lowest BCUT2D eigenvalue weighted by Crippen LogP contribution is -2.35. The van der Waals surface area contributed by atoms with Crippen molar-refractivity contribution in [1.82, 2.24) is 19.7 Å². The normalized spacial score (nSPS) is 16.7. The third-order valence-electron chi connectivity index (χ3n) is 5.44. The molecule has 1 N–H and O–H groups in total. The number of hydrogen-bond acceptors (Lipinski definition) is 5. The van der Waals surface area contributed by atoms with Gasteiger partial charge in [-0.25, -0.2) is 4.68 Å². The average Bonchev–Trinajstić information content (AvgIpc) is 3.19. The molecule has 0 bridgehead atoms. The minimum absolute atomic E-state index is 0.626. The molecule has 2 aromatic carbocycles. The number of para-hydroxylation sites is 1. The van der Waals surface area contributed by atoms with Crippen LogP contribution in [-0.4, -0.2) is 32.8 Å². The summed E-state index contributed by atoms with van der Waals surface area (Å²) >= 11 is 6.19. The first-order valence-corrected chi connectivity index (χ1v) is 10.6. The van der Waals surface area contributed by atoms with Crippen molar-refractivity contribution < 1.29 is 0 Å². The Balaban J connectivity index is 1.64. The minimum atomic E-state index is 0.626. The predicted octanol–water partition coefficient (Wildman–Crippen LogP) is 5.45. The van der Waals surface area contributed by atoms with Gasteiger partial charge in [-0.05, 0) is 49.1 Å². The first-order chi connectivity index (χ1) is 14.7. The molecule has 6 nitrogen and oxygen atoms in total. The highest BCUT2D eigenvalue weighted by Gasteiger charge is 2.22. The number of piperidine rings is 1. The van der Waals surface area contributed by atoms with Crippen molar-refractivity contribution in [2.24, 2.45) is 5.92 Å². The Bertz CT molecular complexity index is 1170. The highest BCUT2D eigenvalue weighted by Crippen LogP contribution is 2.30. The molecule has 1 saturated heterocycles. The Morgan fingerprint density at radius 2 is 1.93 bits per heavy atom. The van der Waals surface area contributed by atoms with Crippen molar-refractivity contribution in [3.8, 4) is 5.69 Å². The second-order valence-corrected chi connectivity index (χ2v) is 8.27. The molecule has 7 heteroatoms. The molecule has 0 aliphatic carbocycles. The molecule has 1 fully saturated rings. The third-order valence-corrected chi connectivity index (χ3v) is 5.68. The number of fused-ring (bicyclic) bond motifs is 1. The van der Waals surface area contributed by atoms with Gasteiger partial charge in [-0.2, -0.15) is 15.1 Å². The Morgan fingerprint density at radius 1 is 1.07 bits per heavy atom. The van der Waals surface area contributed by atoms with E-state index < -0.39 is 0 Å². The van der Waals surface area contributed by atoms with Gasteiger partial charge in [0.25, 0.3) is 0 Å². The van der Waals surface area contributed by atoms with Crippen LogP contribution in [0, 0.1) is 5.92 Å². The lowest BCUT2D eigenvalue weighted by Gasteiger charge is -2.31. The molecular weight excluding hydrogens is 396 g/mol. The van der Waals surface area contributed by atoms with Crippen LogP contribution in [0.3, 0.4) is 0 Å². The number of nitrogens with zero attached hydrogens (tertiary/aromatic N) is 5. The maximum absolute atomic E-state index is 6.19. The van der Waals surface area contributed by atoms with E-state index >= 15 is 0 Å². The van der Waals surface area contributed by atoms with E-state index in [1.165, 1.54) is 6.42 Å². The largest absolute Gasteiger partial charge is 0.340 e. The zero-order valence-electron chi connectivity index (χ0n) is 16.8. The van der Waals surface area contributed by atoms with Crippen LogP contribution in [0.5, 0.6) is 0 Å². The summed E-state index contributed by atoms with van der Waals surface area (Å²) in [6.45, 7) is 4.21. The van der Waals surface area contributed by atoms with Gasteiger partial charge in [0, 0.05) is 23.8 Å². The molecule has 3 heterocycles. The second kappa shape index (κ2) is 7.95. The zero-order chi connectivity index (χ0) is 20.5. The molecule has 0 amide bonds. The van der Waals surface area contributed by atoms with E-state index in [1.54, 1.807) is 0 Å². The van der Waals surface area contributed by atoms with Crippen LogP contribution in [-0.2, 0) is 0 Å². The molecular formula is C23H23ClN6. The molecule has 152 valence electrons. The van der Waals surface area contributed by atoms with Gasteiger partial charge in [-0.1, -0.05) is 42.8 Å². The molecule has 1 aliphatic heterocycles. The summed E-state index contributed by atoms with van der Waals surface area (Å²) in [5, 5.41) is 9.59. The van der Waals surface area contributed by atoms with Gasteiger partial charge >= 0.3 is 0 Å². The fourth-order valence-electron chi connectivity index (χ4n) is 3.97. The van der Waals surface area contributed by atoms with Gasteiger partial charge in [0.15, 0.2) is 5.65 Å². The van der Waals surface area contributed by atoms with E-state index in [9.17, 15) is 0 Å². The van der Waals surface area contributed by atoms with E-state index in [2.05, 4.69) is 22.2 Å². The van der Waals surface area contributed by atoms with E-state index in [0.29, 0.717) is 10.9 Å². The van der Waals surface area contributed by atoms with E-state index in [0.717, 1.165) is 53.7 Å². The van der Waals surface area contributed by atoms with Crippen molar-refractivity contribution in [3.05, 3.63) is 65.8 Å². The SMILES string of the molecule is CC1CCCN(c2nc(Nc3cccc(Cl)c3)c3cnn(-c4ccccc4)c3n2)C1. The van der Waals surface area contributed by atoms with Gasteiger partial charge in [0.1, 0.15) is 5.82 Å². The molecule has 0 radical (unpaired) electrons. The summed E-state index contributed by atoms with van der Waals surface area (Å²) in [6, 6.07) is 17.7. The first kappa shape index (κ1) is 18.9. The Hall–Kier alpha value is -3.12. The summed E-state index contributed by atoms with van der Waals surface area (Å²) in [5.74, 6) is 2.09. The number of rotatable bonds is 4. The average molecular weight is 419 g/mol. The summed E-state index contributed by atoms with van der Waals surface area (Å²) in [6.07, 6.45) is 4.21. The molecule has 4 aromatic rings. The molecule has 0 saturated carbocycles. The summed E-state index contributed by atoms with van der Waals surface area (Å²) in [4.78, 5) is 12.1. The van der Waals surface area contributed by atoms with Crippen LogP contribution in [0.1, 0.15) is 19.8 Å². The number of aromatic nitrogens is 4. The fourth-order valence-corrected chi connectivity index (χ4v) is 4.16. The highest BCUT2D eigenvalue weighted by molar-refractivity contribution is 6.30. The highest BCUT2D eigenvalue weighted by atomic mass is 35.5. The lowest BCUT2D eigenvalue weighted by atomic mass is 10.0. The van der Waals surface area contributed by atoms with Crippen molar-refractivity contribution in [1.29, 1.82) is 0 Å². The topological polar surface area (TPSA) is 58.9 Å². The Labute approximate surface area is 180 Å². The number of nitrogens with one attached hydrogen (secondary N) is 1. The summed E-state index contributed by atoms with van der Waals surface area (Å²) in [7, 11) is 0. The van der Waals surface area contributed by atoms with Crippen molar-refractivity contribution in [2.45, 2.75) is 19.8 Å². The molecule has 5 rings (SSSR count). The standard InChI is InChI=1S/C23H23ClN6/c1-16-7-6-12-29(15-16)23-27-21(26-18-9-5-8-17(24)13-18)20-14-25-30(22(20)28-23)19-10-3-2-4-11-19/h2-5,8-11,13-14,16H,6-7,12,15H2,1H3,(H,26,27,28). The Kier molecular flexibility index (Phi) is 5.01. The predicted molar refractivity (Wildman–Crippen MR) is 122 cm³/mol. The smallest absolute Gasteiger partial charge is 0.229 e. The molecule has 1 atom stereocenters. The maximum atomic E-state index is 6.19. The molecule has 2 aromatic heterocycles. The number of anilines is 3. The minimum Gasteiger partial charge on any atom is -0.340 e. The molecule has 1 aliphatic rings. The number of benzene rings is 2. The first-order valence-electron chi connectivity index (χ1n) is 10.3. The zero-order valence-corrected chi connectivity index (χ0v) is 17.5. The lowest BCUT2D eigenvalue weighted by molar-refractivity contribution is 0.442. The van der Waals surface area contributed by atoms with Gasteiger partial charge in [0.05, 0.1) is 17.3 Å².